The van der Waals surface area contributed by atoms with Crippen LogP contribution in [0.4, 0.5) is 10.3 Å². The normalized spacial score (nSPS) is 11.3. The summed E-state index contributed by atoms with van der Waals surface area (Å²) >= 11 is 0. The molecule has 0 fully saturated rings. The fourth-order valence-corrected chi connectivity index (χ4v) is 2.97. The van der Waals surface area contributed by atoms with Crippen molar-refractivity contribution in [2.24, 2.45) is 0 Å². The van der Waals surface area contributed by atoms with E-state index in [1.54, 1.807) is 35.4 Å². The molecule has 0 radical (unpaired) electrons. The second kappa shape index (κ2) is 6.51. The van der Waals surface area contributed by atoms with Gasteiger partial charge in [-0.15, -0.1) is 10.2 Å². The van der Waals surface area contributed by atoms with Crippen LogP contribution in [0.1, 0.15) is 24.6 Å². The Labute approximate surface area is 148 Å². The van der Waals surface area contributed by atoms with Gasteiger partial charge >= 0.3 is 0 Å². The molecule has 0 aliphatic heterocycles. The molecule has 0 unspecified atom stereocenters. The summed E-state index contributed by atoms with van der Waals surface area (Å²) in [5.41, 5.74) is 8.53. The lowest BCUT2D eigenvalue weighted by Crippen LogP contribution is -2.10. The minimum atomic E-state index is -0.414. The molecule has 0 aliphatic carbocycles. The van der Waals surface area contributed by atoms with Gasteiger partial charge in [-0.2, -0.15) is 0 Å². The van der Waals surface area contributed by atoms with E-state index in [4.69, 9.17) is 5.73 Å². The van der Waals surface area contributed by atoms with Crippen molar-refractivity contribution < 1.29 is 4.39 Å². The number of aryl methyl sites for hydroxylation is 1. The molecule has 0 aromatic carbocycles. The third kappa shape index (κ3) is 2.67. The van der Waals surface area contributed by atoms with Crippen molar-refractivity contribution in [2.75, 3.05) is 5.73 Å². The number of hydrogen-bond acceptors (Lipinski definition) is 6. The molecule has 0 aliphatic rings. The molecule has 8 nitrogen and oxygen atoms in total. The molecule has 0 atom stereocenters. The highest BCUT2D eigenvalue weighted by Crippen LogP contribution is 2.22. The molecule has 4 heterocycles. The molecule has 4 aromatic heterocycles. The maximum Gasteiger partial charge on any atom is 0.227 e. The summed E-state index contributed by atoms with van der Waals surface area (Å²) in [6.45, 7) is 2.50. The first-order valence-electron chi connectivity index (χ1n) is 8.28. The zero-order chi connectivity index (χ0) is 18.1. The van der Waals surface area contributed by atoms with Crippen molar-refractivity contribution >= 4 is 11.6 Å². The van der Waals surface area contributed by atoms with E-state index in [-0.39, 0.29) is 5.69 Å². The fraction of sp³-hybridized carbons (Fsp3) is 0.235. The van der Waals surface area contributed by atoms with E-state index >= 15 is 0 Å². The molecule has 0 saturated carbocycles. The van der Waals surface area contributed by atoms with Crippen LogP contribution in [0.3, 0.4) is 0 Å². The molecule has 9 heteroatoms. The van der Waals surface area contributed by atoms with Crippen molar-refractivity contribution in [3.8, 4) is 11.5 Å². The van der Waals surface area contributed by atoms with Crippen molar-refractivity contribution in [1.82, 2.24) is 34.1 Å². The Morgan fingerprint density at radius 3 is 2.85 bits per heavy atom. The van der Waals surface area contributed by atoms with E-state index in [9.17, 15) is 4.39 Å². The number of nitrogen functional groups attached to an aromatic ring is 1. The number of nitrogens with zero attached hydrogens (tertiary/aromatic N) is 7. The second-order valence-corrected chi connectivity index (χ2v) is 5.88. The summed E-state index contributed by atoms with van der Waals surface area (Å²) in [5, 5.41) is 8.10. The van der Waals surface area contributed by atoms with E-state index in [1.807, 2.05) is 4.57 Å². The Morgan fingerprint density at radius 2 is 2.04 bits per heavy atom. The molecule has 4 rings (SSSR count). The van der Waals surface area contributed by atoms with Gasteiger partial charge in [-0.25, -0.2) is 19.3 Å². The number of nitrogens with two attached hydrogens (primary N) is 1. The van der Waals surface area contributed by atoms with Crippen LogP contribution >= 0.6 is 0 Å². The van der Waals surface area contributed by atoms with Crippen LogP contribution in [0.2, 0.25) is 0 Å². The lowest BCUT2D eigenvalue weighted by Gasteiger charge is -2.12. The van der Waals surface area contributed by atoms with Crippen molar-refractivity contribution in [1.29, 1.82) is 0 Å². The number of imidazole rings is 1. The van der Waals surface area contributed by atoms with Crippen molar-refractivity contribution in [3.63, 3.8) is 0 Å². The van der Waals surface area contributed by atoms with Gasteiger partial charge in [-0.3, -0.25) is 4.40 Å². The first kappa shape index (κ1) is 16.1. The first-order chi connectivity index (χ1) is 12.7. The average Bonchev–Trinajstić information content (AvgIpc) is 3.25. The summed E-state index contributed by atoms with van der Waals surface area (Å²) < 4.78 is 17.6. The SMILES string of the molecule is CCCc1c(Cn2ccnc2-c2ncccc2F)ncn2c(N)nnc12. The molecular formula is C17H17FN8. The number of aromatic nitrogens is 7. The van der Waals surface area contributed by atoms with E-state index in [0.717, 1.165) is 24.1 Å². The maximum atomic E-state index is 14.1. The predicted octanol–water partition coefficient (Wildman–Crippen LogP) is 2.10. The van der Waals surface area contributed by atoms with Gasteiger partial charge in [-0.05, 0) is 18.6 Å². The Balaban J connectivity index is 1.78. The van der Waals surface area contributed by atoms with Crippen LogP contribution in [0.15, 0.2) is 37.1 Å². The predicted molar refractivity (Wildman–Crippen MR) is 93.7 cm³/mol. The lowest BCUT2D eigenvalue weighted by molar-refractivity contribution is 0.621. The number of rotatable bonds is 5. The first-order valence-corrected chi connectivity index (χ1v) is 8.28. The van der Waals surface area contributed by atoms with Gasteiger partial charge in [-0.1, -0.05) is 13.3 Å². The fourth-order valence-electron chi connectivity index (χ4n) is 2.97. The van der Waals surface area contributed by atoms with Crippen LogP contribution in [0.25, 0.3) is 17.2 Å². The molecule has 0 amide bonds. The standard InChI is InChI=1S/C17H17FN8/c1-2-4-11-13(22-10-26-15(11)23-24-17(26)19)9-25-8-7-21-16(25)14-12(18)5-3-6-20-14/h3,5-8,10H,2,4,9H2,1H3,(H2,19,24). The van der Waals surface area contributed by atoms with Gasteiger partial charge in [0.2, 0.25) is 5.95 Å². The third-order valence-electron chi connectivity index (χ3n) is 4.18. The smallest absolute Gasteiger partial charge is 0.227 e. The van der Waals surface area contributed by atoms with Gasteiger partial charge in [0, 0.05) is 24.2 Å². The van der Waals surface area contributed by atoms with E-state index in [0.29, 0.717) is 24.0 Å². The zero-order valence-electron chi connectivity index (χ0n) is 14.2. The van der Waals surface area contributed by atoms with E-state index < -0.39 is 5.82 Å². The minimum absolute atomic E-state index is 0.211. The van der Waals surface area contributed by atoms with E-state index in [1.165, 1.54) is 6.07 Å². The monoisotopic (exact) mass is 352 g/mol. The topological polar surface area (TPSA) is 99.8 Å². The average molecular weight is 352 g/mol. The Hall–Kier alpha value is -3.36. The number of pyridine rings is 1. The highest BCUT2D eigenvalue weighted by molar-refractivity contribution is 5.54. The van der Waals surface area contributed by atoms with Crippen LogP contribution in [-0.4, -0.2) is 34.1 Å². The van der Waals surface area contributed by atoms with Gasteiger partial charge in [0.05, 0.1) is 12.2 Å². The summed E-state index contributed by atoms with van der Waals surface area (Å²) in [7, 11) is 0. The Kier molecular flexibility index (Phi) is 4.04. The van der Waals surface area contributed by atoms with Crippen molar-refractivity contribution in [3.05, 3.63) is 54.1 Å². The van der Waals surface area contributed by atoms with Crippen LogP contribution < -0.4 is 5.73 Å². The largest absolute Gasteiger partial charge is 0.368 e. The molecular weight excluding hydrogens is 335 g/mol. The van der Waals surface area contributed by atoms with Gasteiger partial charge in [0.1, 0.15) is 12.0 Å². The minimum Gasteiger partial charge on any atom is -0.368 e. The van der Waals surface area contributed by atoms with Crippen LogP contribution in [0, 0.1) is 5.82 Å². The molecule has 132 valence electrons. The molecule has 2 N–H and O–H groups in total. The molecule has 26 heavy (non-hydrogen) atoms. The lowest BCUT2D eigenvalue weighted by atomic mass is 10.1. The molecule has 0 saturated heterocycles. The van der Waals surface area contributed by atoms with Crippen LogP contribution in [0.5, 0.6) is 0 Å². The van der Waals surface area contributed by atoms with Crippen molar-refractivity contribution in [2.45, 2.75) is 26.3 Å². The second-order valence-electron chi connectivity index (χ2n) is 5.88. The van der Waals surface area contributed by atoms with E-state index in [2.05, 4.69) is 32.1 Å². The number of anilines is 1. The van der Waals surface area contributed by atoms with Gasteiger partial charge < -0.3 is 10.3 Å². The van der Waals surface area contributed by atoms with Gasteiger partial charge in [0.25, 0.3) is 0 Å². The number of fused-ring (bicyclic) bond motifs is 1. The summed E-state index contributed by atoms with van der Waals surface area (Å²) in [5.74, 6) is 0.339. The highest BCUT2D eigenvalue weighted by Gasteiger charge is 2.17. The third-order valence-corrected chi connectivity index (χ3v) is 4.18. The number of halogens is 1. The maximum absolute atomic E-state index is 14.1. The van der Waals surface area contributed by atoms with Gasteiger partial charge in [0.15, 0.2) is 17.3 Å². The Bertz CT molecular complexity index is 1070. The Morgan fingerprint density at radius 1 is 1.15 bits per heavy atom. The summed E-state index contributed by atoms with van der Waals surface area (Å²) in [6.07, 6.45) is 8.26. The zero-order valence-corrected chi connectivity index (χ0v) is 14.2. The molecule has 0 spiro atoms. The molecule has 4 aromatic rings. The highest BCUT2D eigenvalue weighted by atomic mass is 19.1. The summed E-state index contributed by atoms with van der Waals surface area (Å²) in [4.78, 5) is 12.9. The van der Waals surface area contributed by atoms with Crippen LogP contribution in [-0.2, 0) is 13.0 Å². The number of hydrogen-bond donors (Lipinski definition) is 1. The quantitative estimate of drug-likeness (QED) is 0.590. The molecule has 0 bridgehead atoms. The summed E-state index contributed by atoms with van der Waals surface area (Å²) in [6, 6.07) is 2.92.